The van der Waals surface area contributed by atoms with Crippen molar-refractivity contribution in [2.24, 2.45) is 0 Å². The van der Waals surface area contributed by atoms with Crippen molar-refractivity contribution in [3.05, 3.63) is 4.88 Å². The smallest absolute Gasteiger partial charge is 0.265 e. The molecule has 1 aromatic heterocycles. The lowest BCUT2D eigenvalue weighted by Gasteiger charge is -2.12. The van der Waals surface area contributed by atoms with Crippen LogP contribution in [0.2, 0.25) is 0 Å². The molecule has 0 aliphatic rings. The lowest BCUT2D eigenvalue weighted by molar-refractivity contribution is 0.0884. The second-order valence-electron chi connectivity index (χ2n) is 3.02. The van der Waals surface area contributed by atoms with Gasteiger partial charge in [0.05, 0.1) is 19.3 Å². The molecule has 0 unspecified atom stereocenters. The second-order valence-corrected chi connectivity index (χ2v) is 4.02. The summed E-state index contributed by atoms with van der Waals surface area (Å²) in [6, 6.07) is -0.688. The van der Waals surface area contributed by atoms with E-state index >= 15 is 0 Å². The van der Waals surface area contributed by atoms with E-state index in [2.05, 4.69) is 15.6 Å². The van der Waals surface area contributed by atoms with Crippen molar-refractivity contribution < 1.29 is 15.0 Å². The van der Waals surface area contributed by atoms with Crippen LogP contribution in [0, 0.1) is 0 Å². The summed E-state index contributed by atoms with van der Waals surface area (Å²) >= 11 is 1.11. The average molecular weight is 246 g/mol. The summed E-state index contributed by atoms with van der Waals surface area (Å²) in [5, 5.41) is 23.4. The second kappa shape index (κ2) is 5.64. The van der Waals surface area contributed by atoms with Crippen LogP contribution in [0.1, 0.15) is 9.67 Å². The Balaban J connectivity index is 2.75. The number of aromatic nitrogens is 1. The number of aliphatic hydroxyl groups excluding tert-OH is 2. The molecule has 0 aromatic carbocycles. The van der Waals surface area contributed by atoms with Crippen molar-refractivity contribution >= 4 is 28.2 Å². The van der Waals surface area contributed by atoms with Gasteiger partial charge in [0.1, 0.15) is 10.7 Å². The number of nitrogen functional groups attached to an aromatic ring is 1. The summed E-state index contributed by atoms with van der Waals surface area (Å²) in [5.41, 5.74) is 5.55. The van der Waals surface area contributed by atoms with E-state index in [1.165, 1.54) is 0 Å². The van der Waals surface area contributed by atoms with Gasteiger partial charge in [-0.2, -0.15) is 0 Å². The number of hydrogen-bond acceptors (Lipinski definition) is 7. The number of carbonyl (C=O) groups excluding carboxylic acids is 1. The predicted molar refractivity (Wildman–Crippen MR) is 61.5 cm³/mol. The molecule has 0 saturated heterocycles. The minimum absolute atomic E-state index is 0.126. The third-order valence-corrected chi connectivity index (χ3v) is 2.94. The van der Waals surface area contributed by atoms with Gasteiger partial charge >= 0.3 is 0 Å². The van der Waals surface area contributed by atoms with Gasteiger partial charge in [-0.1, -0.05) is 11.3 Å². The van der Waals surface area contributed by atoms with Crippen LogP contribution in [0.4, 0.5) is 10.9 Å². The van der Waals surface area contributed by atoms with Gasteiger partial charge in [0.2, 0.25) is 0 Å². The molecule has 0 bridgehead atoms. The van der Waals surface area contributed by atoms with E-state index in [1.54, 1.807) is 7.05 Å². The van der Waals surface area contributed by atoms with E-state index in [4.69, 9.17) is 15.9 Å². The zero-order valence-corrected chi connectivity index (χ0v) is 9.54. The molecule has 1 aromatic rings. The van der Waals surface area contributed by atoms with Gasteiger partial charge in [0, 0.05) is 7.05 Å². The first kappa shape index (κ1) is 12.7. The summed E-state index contributed by atoms with van der Waals surface area (Å²) in [6.45, 7) is -0.667. The predicted octanol–water partition coefficient (Wildman–Crippen LogP) is -1.15. The molecular formula is C8H14N4O3S. The third kappa shape index (κ3) is 2.81. The fourth-order valence-corrected chi connectivity index (χ4v) is 1.74. The lowest BCUT2D eigenvalue weighted by Crippen LogP contribution is -2.40. The van der Waals surface area contributed by atoms with Crippen LogP contribution in [0.3, 0.4) is 0 Å². The van der Waals surface area contributed by atoms with Gasteiger partial charge in [-0.15, -0.1) is 0 Å². The van der Waals surface area contributed by atoms with E-state index in [9.17, 15) is 4.79 Å². The fourth-order valence-electron chi connectivity index (χ4n) is 1.00. The van der Waals surface area contributed by atoms with Crippen LogP contribution >= 0.6 is 11.3 Å². The maximum absolute atomic E-state index is 11.7. The Kier molecular flexibility index (Phi) is 4.47. The molecule has 0 aliphatic heterocycles. The number of nitrogens with zero attached hydrogens (tertiary/aromatic N) is 1. The summed E-state index contributed by atoms with van der Waals surface area (Å²) < 4.78 is 0. The fraction of sp³-hybridized carbons (Fsp3) is 0.500. The van der Waals surface area contributed by atoms with E-state index < -0.39 is 11.9 Å². The Labute approximate surface area is 96.3 Å². The molecular weight excluding hydrogens is 232 g/mol. The maximum atomic E-state index is 11.7. The van der Waals surface area contributed by atoms with Gasteiger partial charge in [-0.25, -0.2) is 4.98 Å². The molecule has 0 atom stereocenters. The highest BCUT2D eigenvalue weighted by atomic mass is 32.1. The van der Waals surface area contributed by atoms with Gasteiger partial charge in [-0.05, 0) is 0 Å². The third-order valence-electron chi connectivity index (χ3n) is 1.85. The van der Waals surface area contributed by atoms with Crippen LogP contribution in [0.15, 0.2) is 0 Å². The molecule has 16 heavy (non-hydrogen) atoms. The minimum atomic E-state index is -0.688. The monoisotopic (exact) mass is 246 g/mol. The van der Waals surface area contributed by atoms with Crippen LogP contribution in [-0.2, 0) is 0 Å². The molecule has 0 saturated carbocycles. The molecule has 8 heteroatoms. The number of thiazole rings is 1. The molecule has 7 nitrogen and oxygen atoms in total. The van der Waals surface area contributed by atoms with Crippen LogP contribution in [0.5, 0.6) is 0 Å². The molecule has 90 valence electrons. The topological polar surface area (TPSA) is 120 Å². The van der Waals surface area contributed by atoms with Gasteiger partial charge in [0.15, 0.2) is 5.13 Å². The average Bonchev–Trinajstić information content (AvgIpc) is 2.67. The number of hydrogen-bond donors (Lipinski definition) is 5. The summed E-state index contributed by atoms with van der Waals surface area (Å²) in [4.78, 5) is 15.8. The van der Waals surface area contributed by atoms with E-state index in [0.717, 1.165) is 11.3 Å². The highest BCUT2D eigenvalue weighted by molar-refractivity contribution is 7.18. The Morgan fingerprint density at radius 2 is 2.19 bits per heavy atom. The quantitative estimate of drug-likeness (QED) is 0.447. The Bertz CT molecular complexity index is 364. The van der Waals surface area contributed by atoms with Crippen molar-refractivity contribution in [1.29, 1.82) is 0 Å². The van der Waals surface area contributed by atoms with Crippen LogP contribution in [-0.4, -0.2) is 47.4 Å². The number of aliphatic hydroxyl groups is 2. The zero-order valence-electron chi connectivity index (χ0n) is 8.73. The van der Waals surface area contributed by atoms with Crippen LogP contribution in [0.25, 0.3) is 0 Å². The Morgan fingerprint density at radius 1 is 1.56 bits per heavy atom. The summed E-state index contributed by atoms with van der Waals surface area (Å²) in [7, 11) is 1.67. The number of anilines is 2. The molecule has 1 heterocycles. The van der Waals surface area contributed by atoms with Crippen LogP contribution < -0.4 is 16.4 Å². The van der Waals surface area contributed by atoms with Crippen molar-refractivity contribution in [3.8, 4) is 0 Å². The van der Waals surface area contributed by atoms with Gasteiger partial charge in [0.25, 0.3) is 5.91 Å². The molecule has 6 N–H and O–H groups in total. The lowest BCUT2D eigenvalue weighted by atomic mass is 10.3. The zero-order chi connectivity index (χ0) is 12.1. The molecule has 0 fully saturated rings. The number of rotatable bonds is 5. The van der Waals surface area contributed by atoms with Crippen molar-refractivity contribution in [1.82, 2.24) is 10.3 Å². The molecule has 0 spiro atoms. The van der Waals surface area contributed by atoms with Crippen molar-refractivity contribution in [3.63, 3.8) is 0 Å². The molecule has 1 amide bonds. The number of nitrogens with two attached hydrogens (primary N) is 1. The Hall–Kier alpha value is -1.38. The summed E-state index contributed by atoms with van der Waals surface area (Å²) in [6.07, 6.45) is 0. The number of amides is 1. The van der Waals surface area contributed by atoms with Gasteiger partial charge in [-0.3, -0.25) is 4.79 Å². The largest absolute Gasteiger partial charge is 0.394 e. The summed E-state index contributed by atoms with van der Waals surface area (Å²) in [5.74, 6) is -0.328. The number of carbonyl (C=O) groups is 1. The number of nitrogens with one attached hydrogen (secondary N) is 2. The first-order valence-electron chi connectivity index (χ1n) is 4.59. The standard InChI is InChI=1S/C8H14N4O3S/c1-10-8-12-6(9)5(16-8)7(15)11-4(2-13)3-14/h4,13-14H,2-3,9H2,1H3,(H,10,12)(H,11,15). The SMILES string of the molecule is CNc1nc(N)c(C(=O)NC(CO)CO)s1. The normalized spacial score (nSPS) is 10.5. The molecule has 1 rings (SSSR count). The van der Waals surface area contributed by atoms with Crippen molar-refractivity contribution in [2.75, 3.05) is 31.3 Å². The van der Waals surface area contributed by atoms with Crippen molar-refractivity contribution in [2.45, 2.75) is 6.04 Å². The van der Waals surface area contributed by atoms with Gasteiger partial charge < -0.3 is 26.6 Å². The maximum Gasteiger partial charge on any atom is 0.265 e. The highest BCUT2D eigenvalue weighted by Crippen LogP contribution is 2.24. The first-order chi connectivity index (χ1) is 7.62. The first-order valence-corrected chi connectivity index (χ1v) is 5.40. The Morgan fingerprint density at radius 3 is 2.62 bits per heavy atom. The van der Waals surface area contributed by atoms with E-state index in [0.29, 0.717) is 5.13 Å². The van der Waals surface area contributed by atoms with E-state index in [1.807, 2.05) is 0 Å². The minimum Gasteiger partial charge on any atom is -0.394 e. The van der Waals surface area contributed by atoms with E-state index in [-0.39, 0.29) is 23.9 Å². The highest BCUT2D eigenvalue weighted by Gasteiger charge is 2.18. The molecule has 0 aliphatic carbocycles. The molecule has 0 radical (unpaired) electrons.